The minimum atomic E-state index is -0.516. The zero-order valence-electron chi connectivity index (χ0n) is 15.6. The number of rotatable bonds is 8. The Morgan fingerprint density at radius 1 is 1.11 bits per heavy atom. The highest BCUT2D eigenvalue weighted by atomic mass is 16.6. The first-order chi connectivity index (χ1) is 13.6. The highest BCUT2D eigenvalue weighted by Gasteiger charge is 2.13. The lowest BCUT2D eigenvalue weighted by Gasteiger charge is -2.10. The predicted molar refractivity (Wildman–Crippen MR) is 103 cm³/mol. The molecule has 144 valence electrons. The molecular weight excluding hydrogens is 360 g/mol. The number of hydrogen-bond acceptors (Lipinski definition) is 6. The van der Waals surface area contributed by atoms with Gasteiger partial charge in [-0.2, -0.15) is 5.26 Å². The number of nitrogens with one attached hydrogen (secondary N) is 1. The second-order valence-electron chi connectivity index (χ2n) is 5.58. The van der Waals surface area contributed by atoms with Crippen LogP contribution in [0.5, 0.6) is 11.5 Å². The van der Waals surface area contributed by atoms with Gasteiger partial charge in [0.1, 0.15) is 11.6 Å². The van der Waals surface area contributed by atoms with E-state index >= 15 is 0 Å². The van der Waals surface area contributed by atoms with Gasteiger partial charge in [0.05, 0.1) is 19.3 Å². The quantitative estimate of drug-likeness (QED) is 0.249. The molecule has 0 saturated carbocycles. The van der Waals surface area contributed by atoms with Crippen LogP contribution in [0.15, 0.2) is 54.1 Å². The van der Waals surface area contributed by atoms with Crippen molar-refractivity contribution in [1.82, 2.24) is 5.32 Å². The van der Waals surface area contributed by atoms with E-state index in [4.69, 9.17) is 14.2 Å². The van der Waals surface area contributed by atoms with Crippen molar-refractivity contribution in [1.29, 1.82) is 5.26 Å². The van der Waals surface area contributed by atoms with Crippen LogP contribution in [0.25, 0.3) is 6.08 Å². The van der Waals surface area contributed by atoms with Crippen LogP contribution in [-0.4, -0.2) is 39.2 Å². The molecule has 0 aliphatic carbocycles. The third-order valence-electron chi connectivity index (χ3n) is 3.67. The summed E-state index contributed by atoms with van der Waals surface area (Å²) in [5.74, 6) is -0.484. The molecular formula is C21H20N2O5. The van der Waals surface area contributed by atoms with Crippen molar-refractivity contribution >= 4 is 18.0 Å². The van der Waals surface area contributed by atoms with E-state index in [2.05, 4.69) is 5.32 Å². The minimum absolute atomic E-state index is 0.0628. The molecule has 0 saturated heterocycles. The summed E-state index contributed by atoms with van der Waals surface area (Å²) in [5, 5.41) is 11.8. The predicted octanol–water partition coefficient (Wildman–Crippen LogP) is 2.58. The maximum Gasteiger partial charge on any atom is 0.343 e. The maximum atomic E-state index is 12.2. The van der Waals surface area contributed by atoms with Crippen molar-refractivity contribution in [3.8, 4) is 17.6 Å². The molecule has 0 fully saturated rings. The number of amides is 1. The van der Waals surface area contributed by atoms with Crippen LogP contribution < -0.4 is 14.8 Å². The summed E-state index contributed by atoms with van der Waals surface area (Å²) in [6.07, 6.45) is 1.42. The van der Waals surface area contributed by atoms with Crippen molar-refractivity contribution in [2.45, 2.75) is 0 Å². The molecule has 0 bridgehead atoms. The van der Waals surface area contributed by atoms with Gasteiger partial charge in [-0.15, -0.1) is 0 Å². The number of ether oxygens (including phenoxy) is 3. The van der Waals surface area contributed by atoms with Gasteiger partial charge >= 0.3 is 5.97 Å². The fourth-order valence-electron chi connectivity index (χ4n) is 2.27. The van der Waals surface area contributed by atoms with Crippen molar-refractivity contribution < 1.29 is 23.8 Å². The average molecular weight is 380 g/mol. The van der Waals surface area contributed by atoms with Gasteiger partial charge in [0, 0.05) is 13.7 Å². The Morgan fingerprint density at radius 2 is 1.86 bits per heavy atom. The van der Waals surface area contributed by atoms with Gasteiger partial charge in [-0.05, 0) is 35.9 Å². The molecule has 0 aromatic heterocycles. The Kier molecular flexibility index (Phi) is 7.76. The molecule has 1 N–H and O–H groups in total. The Labute approximate surface area is 163 Å². The van der Waals surface area contributed by atoms with Gasteiger partial charge in [-0.3, -0.25) is 4.79 Å². The van der Waals surface area contributed by atoms with E-state index in [0.717, 1.165) is 0 Å². The summed E-state index contributed by atoms with van der Waals surface area (Å²) in [4.78, 5) is 24.2. The number of esters is 1. The lowest BCUT2D eigenvalue weighted by Crippen LogP contribution is -2.27. The first kappa shape index (κ1) is 20.7. The van der Waals surface area contributed by atoms with Gasteiger partial charge in [-0.25, -0.2) is 4.79 Å². The van der Waals surface area contributed by atoms with Crippen LogP contribution in [0, 0.1) is 11.3 Å². The molecule has 0 unspecified atom stereocenters. The van der Waals surface area contributed by atoms with E-state index in [-0.39, 0.29) is 11.3 Å². The SMILES string of the molecule is COCCNC(=O)/C(C#N)=C/c1ccc(OC(=O)c2ccccc2)c(OC)c1. The fourth-order valence-corrected chi connectivity index (χ4v) is 2.27. The van der Waals surface area contributed by atoms with Crippen molar-refractivity contribution in [3.63, 3.8) is 0 Å². The highest BCUT2D eigenvalue weighted by Crippen LogP contribution is 2.29. The van der Waals surface area contributed by atoms with E-state index in [1.54, 1.807) is 48.5 Å². The molecule has 2 rings (SSSR count). The molecule has 0 atom stereocenters. The van der Waals surface area contributed by atoms with Crippen LogP contribution in [0.2, 0.25) is 0 Å². The monoisotopic (exact) mass is 380 g/mol. The normalized spacial score (nSPS) is 10.7. The molecule has 0 spiro atoms. The number of carbonyl (C=O) groups excluding carboxylic acids is 2. The zero-order valence-corrected chi connectivity index (χ0v) is 15.6. The second-order valence-corrected chi connectivity index (χ2v) is 5.58. The van der Waals surface area contributed by atoms with E-state index in [1.807, 2.05) is 6.07 Å². The maximum absolute atomic E-state index is 12.2. The largest absolute Gasteiger partial charge is 0.493 e. The molecule has 0 aliphatic rings. The van der Waals surface area contributed by atoms with Crippen molar-refractivity contribution in [2.24, 2.45) is 0 Å². The zero-order chi connectivity index (χ0) is 20.4. The van der Waals surface area contributed by atoms with Crippen LogP contribution in [-0.2, 0) is 9.53 Å². The topological polar surface area (TPSA) is 97.6 Å². The Morgan fingerprint density at radius 3 is 2.50 bits per heavy atom. The third-order valence-corrected chi connectivity index (χ3v) is 3.67. The van der Waals surface area contributed by atoms with Crippen LogP contribution in [0.1, 0.15) is 15.9 Å². The number of methoxy groups -OCH3 is 2. The van der Waals surface area contributed by atoms with Crippen molar-refractivity contribution in [2.75, 3.05) is 27.4 Å². The Hall–Kier alpha value is -3.63. The number of nitrogens with zero attached hydrogens (tertiary/aromatic N) is 1. The van der Waals surface area contributed by atoms with Crippen LogP contribution in [0.4, 0.5) is 0 Å². The van der Waals surface area contributed by atoms with Crippen LogP contribution in [0.3, 0.4) is 0 Å². The number of benzene rings is 2. The summed E-state index contributed by atoms with van der Waals surface area (Å²) < 4.78 is 15.5. The third kappa shape index (κ3) is 5.69. The van der Waals surface area contributed by atoms with E-state index < -0.39 is 11.9 Å². The summed E-state index contributed by atoms with van der Waals surface area (Å²) in [5.41, 5.74) is 0.898. The molecule has 0 heterocycles. The second kappa shape index (κ2) is 10.5. The summed E-state index contributed by atoms with van der Waals surface area (Å²) >= 11 is 0. The smallest absolute Gasteiger partial charge is 0.343 e. The van der Waals surface area contributed by atoms with E-state index in [1.165, 1.54) is 20.3 Å². The van der Waals surface area contributed by atoms with Gasteiger partial charge in [0.25, 0.3) is 5.91 Å². The van der Waals surface area contributed by atoms with Gasteiger partial charge in [0.15, 0.2) is 11.5 Å². The van der Waals surface area contributed by atoms with Crippen LogP contribution >= 0.6 is 0 Å². The fraction of sp³-hybridized carbons (Fsp3) is 0.190. The lowest BCUT2D eigenvalue weighted by molar-refractivity contribution is -0.117. The van der Waals surface area contributed by atoms with Gasteiger partial charge in [-0.1, -0.05) is 24.3 Å². The summed E-state index contributed by atoms with van der Waals surface area (Å²) in [7, 11) is 2.96. The first-order valence-corrected chi connectivity index (χ1v) is 8.43. The minimum Gasteiger partial charge on any atom is -0.493 e. The van der Waals surface area contributed by atoms with Gasteiger partial charge in [0.2, 0.25) is 0 Å². The first-order valence-electron chi connectivity index (χ1n) is 8.43. The molecule has 2 aromatic carbocycles. The number of carbonyl (C=O) groups is 2. The molecule has 0 aliphatic heterocycles. The summed E-state index contributed by atoms with van der Waals surface area (Å²) in [6.45, 7) is 0.645. The molecule has 0 radical (unpaired) electrons. The lowest BCUT2D eigenvalue weighted by atomic mass is 10.1. The molecule has 28 heavy (non-hydrogen) atoms. The highest BCUT2D eigenvalue weighted by molar-refractivity contribution is 6.01. The Bertz CT molecular complexity index is 901. The molecule has 2 aromatic rings. The molecule has 1 amide bonds. The Balaban J connectivity index is 2.18. The summed E-state index contributed by atoms with van der Waals surface area (Å²) in [6, 6.07) is 15.2. The van der Waals surface area contributed by atoms with E-state index in [0.29, 0.717) is 30.0 Å². The average Bonchev–Trinajstić information content (AvgIpc) is 2.73. The molecule has 7 nitrogen and oxygen atoms in total. The standard InChI is InChI=1S/C21H20N2O5/c1-26-11-10-23-20(24)17(14-22)12-15-8-9-18(19(13-15)27-2)28-21(25)16-6-4-3-5-7-16/h3-9,12-13H,10-11H2,1-2H3,(H,23,24)/b17-12+. The van der Waals surface area contributed by atoms with Crippen molar-refractivity contribution in [3.05, 3.63) is 65.2 Å². The number of hydrogen-bond donors (Lipinski definition) is 1. The van der Waals surface area contributed by atoms with Gasteiger partial charge < -0.3 is 19.5 Å². The molecule has 7 heteroatoms. The number of nitriles is 1. The van der Waals surface area contributed by atoms with E-state index in [9.17, 15) is 14.9 Å².